The van der Waals surface area contributed by atoms with Crippen LogP contribution in [0.25, 0.3) is 0 Å². The predicted octanol–water partition coefficient (Wildman–Crippen LogP) is 5.35. The Bertz CT molecular complexity index is 589. The van der Waals surface area contributed by atoms with Crippen LogP contribution in [0.3, 0.4) is 0 Å². The highest BCUT2D eigenvalue weighted by atomic mass is 79.9. The van der Waals surface area contributed by atoms with E-state index in [4.69, 9.17) is 0 Å². The van der Waals surface area contributed by atoms with Crippen LogP contribution in [-0.2, 0) is 6.42 Å². The minimum Gasteiger partial charge on any atom is -0.307 e. The van der Waals surface area contributed by atoms with Crippen LogP contribution in [0.1, 0.15) is 42.1 Å². The summed E-state index contributed by atoms with van der Waals surface area (Å²) in [5.74, 6) is 0. The van der Waals surface area contributed by atoms with Gasteiger partial charge in [-0.3, -0.25) is 0 Å². The summed E-state index contributed by atoms with van der Waals surface area (Å²) < 4.78 is 1.13. The van der Waals surface area contributed by atoms with Crippen molar-refractivity contribution < 1.29 is 0 Å². The quantitative estimate of drug-likeness (QED) is 0.770. The first-order chi connectivity index (χ1) is 9.95. The molecular formula is C19H24BrN. The van der Waals surface area contributed by atoms with E-state index in [0.29, 0.717) is 12.1 Å². The van der Waals surface area contributed by atoms with E-state index in [0.717, 1.165) is 10.9 Å². The van der Waals surface area contributed by atoms with Crippen LogP contribution in [0.5, 0.6) is 0 Å². The van der Waals surface area contributed by atoms with Gasteiger partial charge in [0.25, 0.3) is 0 Å². The van der Waals surface area contributed by atoms with Crippen LogP contribution >= 0.6 is 15.9 Å². The van der Waals surface area contributed by atoms with E-state index in [1.54, 1.807) is 0 Å². The van der Waals surface area contributed by atoms with E-state index >= 15 is 0 Å². The third kappa shape index (κ3) is 4.69. The number of rotatable bonds is 5. The van der Waals surface area contributed by atoms with Gasteiger partial charge in [-0.1, -0.05) is 51.8 Å². The molecule has 0 aliphatic heterocycles. The Hall–Kier alpha value is -1.12. The lowest BCUT2D eigenvalue weighted by Gasteiger charge is -2.22. The largest absolute Gasteiger partial charge is 0.307 e. The molecule has 2 aromatic carbocycles. The highest BCUT2D eigenvalue weighted by molar-refractivity contribution is 9.10. The minimum absolute atomic E-state index is 0.371. The van der Waals surface area contributed by atoms with Gasteiger partial charge in [0, 0.05) is 16.6 Å². The summed E-state index contributed by atoms with van der Waals surface area (Å²) in [6, 6.07) is 16.1. The number of benzene rings is 2. The minimum atomic E-state index is 0.371. The third-order valence-electron chi connectivity index (χ3n) is 3.88. The molecule has 21 heavy (non-hydrogen) atoms. The molecule has 2 rings (SSSR count). The summed E-state index contributed by atoms with van der Waals surface area (Å²) in [5.41, 5.74) is 5.45. The van der Waals surface area contributed by atoms with Crippen molar-refractivity contribution in [2.75, 3.05) is 0 Å². The van der Waals surface area contributed by atoms with Gasteiger partial charge in [-0.2, -0.15) is 0 Å². The second-order valence-electron chi connectivity index (χ2n) is 5.98. The Balaban J connectivity index is 1.98. The summed E-state index contributed by atoms with van der Waals surface area (Å²) in [7, 11) is 0. The van der Waals surface area contributed by atoms with Gasteiger partial charge >= 0.3 is 0 Å². The Morgan fingerprint density at radius 2 is 1.67 bits per heavy atom. The number of hydrogen-bond acceptors (Lipinski definition) is 1. The van der Waals surface area contributed by atoms with Crippen molar-refractivity contribution >= 4 is 15.9 Å². The molecule has 0 bridgehead atoms. The Morgan fingerprint density at radius 1 is 1.00 bits per heavy atom. The van der Waals surface area contributed by atoms with Crippen molar-refractivity contribution in [3.63, 3.8) is 0 Å². The van der Waals surface area contributed by atoms with Gasteiger partial charge in [-0.15, -0.1) is 0 Å². The smallest absolute Gasteiger partial charge is 0.0296 e. The van der Waals surface area contributed by atoms with Gasteiger partial charge in [0.15, 0.2) is 0 Å². The van der Waals surface area contributed by atoms with E-state index in [-0.39, 0.29) is 0 Å². The monoisotopic (exact) mass is 345 g/mol. The maximum atomic E-state index is 3.71. The Kier molecular flexibility index (Phi) is 5.60. The lowest BCUT2D eigenvalue weighted by molar-refractivity contribution is 0.476. The van der Waals surface area contributed by atoms with Gasteiger partial charge < -0.3 is 5.32 Å². The first-order valence-corrected chi connectivity index (χ1v) is 8.32. The van der Waals surface area contributed by atoms with Gasteiger partial charge in [-0.25, -0.2) is 0 Å². The first-order valence-electron chi connectivity index (χ1n) is 7.53. The van der Waals surface area contributed by atoms with Gasteiger partial charge in [-0.05, 0) is 62.9 Å². The van der Waals surface area contributed by atoms with Crippen molar-refractivity contribution in [2.45, 2.75) is 46.2 Å². The zero-order valence-electron chi connectivity index (χ0n) is 13.3. The molecular weight excluding hydrogens is 322 g/mol. The normalized spacial score (nSPS) is 14.0. The molecule has 0 aliphatic rings. The second-order valence-corrected chi connectivity index (χ2v) is 6.90. The standard InChI is InChI=1S/C19H24BrN/c1-13-5-10-19(14(2)11-13)16(4)21-15(3)12-17-6-8-18(20)9-7-17/h5-11,15-16,21H,12H2,1-4H3. The fourth-order valence-electron chi connectivity index (χ4n) is 2.86. The number of nitrogens with one attached hydrogen (secondary N) is 1. The van der Waals surface area contributed by atoms with Crippen LogP contribution < -0.4 is 5.32 Å². The van der Waals surface area contributed by atoms with Gasteiger partial charge in [0.05, 0.1) is 0 Å². The summed E-state index contributed by atoms with van der Waals surface area (Å²) in [6.07, 6.45) is 1.04. The third-order valence-corrected chi connectivity index (χ3v) is 4.41. The molecule has 1 nitrogen and oxygen atoms in total. The SMILES string of the molecule is Cc1ccc(C(C)NC(C)Cc2ccc(Br)cc2)c(C)c1. The molecule has 0 saturated heterocycles. The number of halogens is 1. The molecule has 1 N–H and O–H groups in total. The molecule has 2 heteroatoms. The summed E-state index contributed by atoms with van der Waals surface area (Å²) in [6.45, 7) is 8.84. The maximum absolute atomic E-state index is 3.71. The lowest BCUT2D eigenvalue weighted by Crippen LogP contribution is -2.31. The molecule has 0 radical (unpaired) electrons. The van der Waals surface area contributed by atoms with E-state index in [1.165, 1.54) is 22.3 Å². The summed E-state index contributed by atoms with van der Waals surface area (Å²) in [5, 5.41) is 3.71. The highest BCUT2D eigenvalue weighted by Crippen LogP contribution is 2.20. The van der Waals surface area contributed by atoms with Crippen molar-refractivity contribution in [3.05, 3.63) is 69.2 Å². The van der Waals surface area contributed by atoms with Gasteiger partial charge in [0.2, 0.25) is 0 Å². The van der Waals surface area contributed by atoms with Crippen LogP contribution in [-0.4, -0.2) is 6.04 Å². The molecule has 0 saturated carbocycles. The first kappa shape index (κ1) is 16.3. The van der Waals surface area contributed by atoms with Crippen molar-refractivity contribution in [2.24, 2.45) is 0 Å². The zero-order valence-corrected chi connectivity index (χ0v) is 14.9. The molecule has 0 spiro atoms. The number of aryl methyl sites for hydroxylation is 2. The van der Waals surface area contributed by atoms with Crippen LogP contribution in [0.4, 0.5) is 0 Å². The maximum Gasteiger partial charge on any atom is 0.0296 e. The molecule has 2 unspecified atom stereocenters. The van der Waals surface area contributed by atoms with E-state index in [1.807, 2.05) is 0 Å². The highest BCUT2D eigenvalue weighted by Gasteiger charge is 2.12. The van der Waals surface area contributed by atoms with Crippen LogP contribution in [0.15, 0.2) is 46.9 Å². The predicted molar refractivity (Wildman–Crippen MR) is 94.8 cm³/mol. The van der Waals surface area contributed by atoms with E-state index in [9.17, 15) is 0 Å². The summed E-state index contributed by atoms with van der Waals surface area (Å²) >= 11 is 3.48. The lowest BCUT2D eigenvalue weighted by atomic mass is 9.99. The zero-order chi connectivity index (χ0) is 15.4. The van der Waals surface area contributed by atoms with Crippen molar-refractivity contribution in [1.29, 1.82) is 0 Å². The molecule has 0 fully saturated rings. The van der Waals surface area contributed by atoms with E-state index in [2.05, 4.69) is 91.4 Å². The molecule has 0 heterocycles. The van der Waals surface area contributed by atoms with Gasteiger partial charge in [0.1, 0.15) is 0 Å². The van der Waals surface area contributed by atoms with Crippen LogP contribution in [0.2, 0.25) is 0 Å². The second kappa shape index (κ2) is 7.24. The average Bonchev–Trinajstić information content (AvgIpc) is 2.41. The molecule has 2 atom stereocenters. The number of hydrogen-bond donors (Lipinski definition) is 1. The fraction of sp³-hybridized carbons (Fsp3) is 0.368. The molecule has 2 aromatic rings. The molecule has 0 aliphatic carbocycles. The molecule has 0 aromatic heterocycles. The molecule has 112 valence electrons. The average molecular weight is 346 g/mol. The van der Waals surface area contributed by atoms with Crippen molar-refractivity contribution in [3.8, 4) is 0 Å². The Labute approximate surface area is 136 Å². The topological polar surface area (TPSA) is 12.0 Å². The van der Waals surface area contributed by atoms with Crippen molar-refractivity contribution in [1.82, 2.24) is 5.32 Å². The van der Waals surface area contributed by atoms with E-state index < -0.39 is 0 Å². The summed E-state index contributed by atoms with van der Waals surface area (Å²) in [4.78, 5) is 0. The molecule has 0 amide bonds. The fourth-order valence-corrected chi connectivity index (χ4v) is 3.13. The Morgan fingerprint density at radius 3 is 2.29 bits per heavy atom. The van der Waals surface area contributed by atoms with Crippen LogP contribution in [0, 0.1) is 13.8 Å².